The number of hydrogen-bond donors (Lipinski definition) is 1. The lowest BCUT2D eigenvalue weighted by molar-refractivity contribution is -0.0512. The minimum Gasteiger partial charge on any atom is -0.493 e. The summed E-state index contributed by atoms with van der Waals surface area (Å²) < 4.78 is 45.2. The second-order valence-corrected chi connectivity index (χ2v) is 5.40. The third kappa shape index (κ3) is 4.14. The van der Waals surface area contributed by atoms with Gasteiger partial charge in [0.2, 0.25) is 0 Å². The number of hydrogen-bond acceptors (Lipinski definition) is 5. The molecule has 1 N–H and O–H groups in total. The number of benzene rings is 2. The van der Waals surface area contributed by atoms with Crippen molar-refractivity contribution >= 4 is 5.91 Å². The first-order valence-electron chi connectivity index (χ1n) is 7.86. The minimum atomic E-state index is -3.01. The van der Waals surface area contributed by atoms with Crippen molar-refractivity contribution in [3.8, 4) is 23.0 Å². The molecule has 0 aromatic heterocycles. The molecule has 0 fully saturated rings. The lowest BCUT2D eigenvalue weighted by Crippen LogP contribution is -2.23. The first-order chi connectivity index (χ1) is 12.6. The number of alkyl halides is 2. The van der Waals surface area contributed by atoms with Gasteiger partial charge in [-0.05, 0) is 35.9 Å². The predicted molar refractivity (Wildman–Crippen MR) is 88.2 cm³/mol. The molecule has 1 aliphatic rings. The molecule has 1 aliphatic heterocycles. The number of halogens is 2. The Morgan fingerprint density at radius 2 is 1.88 bits per heavy atom. The van der Waals surface area contributed by atoms with Gasteiger partial charge in [-0.1, -0.05) is 6.07 Å². The van der Waals surface area contributed by atoms with E-state index in [-0.39, 0.29) is 23.6 Å². The maximum Gasteiger partial charge on any atom is 0.387 e. The molecule has 0 radical (unpaired) electrons. The number of amides is 1. The highest BCUT2D eigenvalue weighted by molar-refractivity contribution is 5.94. The Balaban J connectivity index is 1.68. The summed E-state index contributed by atoms with van der Waals surface area (Å²) in [6, 6.07) is 9.45. The van der Waals surface area contributed by atoms with Gasteiger partial charge in [-0.3, -0.25) is 4.79 Å². The molecule has 0 spiro atoms. The number of rotatable bonds is 6. The summed E-state index contributed by atoms with van der Waals surface area (Å²) in [5.41, 5.74) is 0.999. The molecule has 3 rings (SSSR count). The Labute approximate surface area is 148 Å². The van der Waals surface area contributed by atoms with Crippen LogP contribution in [-0.4, -0.2) is 32.8 Å². The van der Waals surface area contributed by atoms with Gasteiger partial charge in [0.15, 0.2) is 23.0 Å². The largest absolute Gasteiger partial charge is 0.493 e. The summed E-state index contributed by atoms with van der Waals surface area (Å²) in [6.45, 7) is -1.79. The maximum absolute atomic E-state index is 12.5. The van der Waals surface area contributed by atoms with Crippen molar-refractivity contribution in [2.45, 2.75) is 13.2 Å². The Morgan fingerprint density at radius 1 is 1.12 bits per heavy atom. The van der Waals surface area contributed by atoms with Crippen LogP contribution >= 0.6 is 0 Å². The molecule has 1 heterocycles. The molecule has 26 heavy (non-hydrogen) atoms. The number of methoxy groups -OCH3 is 1. The molecule has 0 unspecified atom stereocenters. The van der Waals surface area contributed by atoms with E-state index in [2.05, 4.69) is 10.1 Å². The van der Waals surface area contributed by atoms with Gasteiger partial charge in [0, 0.05) is 12.1 Å². The summed E-state index contributed by atoms with van der Waals surface area (Å²) >= 11 is 0. The van der Waals surface area contributed by atoms with Crippen LogP contribution in [0.2, 0.25) is 0 Å². The molecular weight excluding hydrogens is 348 g/mol. The maximum atomic E-state index is 12.5. The average Bonchev–Trinajstić information content (AvgIpc) is 2.65. The van der Waals surface area contributed by atoms with Crippen LogP contribution in [-0.2, 0) is 6.54 Å². The Morgan fingerprint density at radius 3 is 2.62 bits per heavy atom. The zero-order chi connectivity index (χ0) is 18.5. The van der Waals surface area contributed by atoms with E-state index in [0.717, 1.165) is 5.56 Å². The Bertz CT molecular complexity index is 797. The predicted octanol–water partition coefficient (Wildman–Crippen LogP) is 3.00. The lowest BCUT2D eigenvalue weighted by atomic mass is 10.1. The van der Waals surface area contributed by atoms with Gasteiger partial charge in [-0.25, -0.2) is 0 Å². The van der Waals surface area contributed by atoms with E-state index in [1.54, 1.807) is 12.1 Å². The van der Waals surface area contributed by atoms with Gasteiger partial charge in [0.1, 0.15) is 13.2 Å². The highest BCUT2D eigenvalue weighted by atomic mass is 19.3. The van der Waals surface area contributed by atoms with Crippen LogP contribution < -0.4 is 24.3 Å². The van der Waals surface area contributed by atoms with Gasteiger partial charge in [-0.2, -0.15) is 8.78 Å². The molecule has 2 aromatic carbocycles. The van der Waals surface area contributed by atoms with Crippen molar-refractivity contribution in [2.24, 2.45) is 0 Å². The van der Waals surface area contributed by atoms with Crippen LogP contribution in [0.25, 0.3) is 0 Å². The summed E-state index contributed by atoms with van der Waals surface area (Å²) in [4.78, 5) is 12.3. The standard InChI is InChI=1S/C18H17F2NO5/c1-23-13-5-3-12(9-16(13)26-18(19)20)17(22)21-10-11-2-4-14-15(8-11)25-7-6-24-14/h2-5,8-9,18H,6-7,10H2,1H3,(H,21,22). The molecule has 1 amide bonds. The fourth-order valence-corrected chi connectivity index (χ4v) is 2.49. The zero-order valence-corrected chi connectivity index (χ0v) is 14.0. The van der Waals surface area contributed by atoms with Crippen LogP contribution in [0.4, 0.5) is 8.78 Å². The third-order valence-electron chi connectivity index (χ3n) is 3.70. The number of carbonyl (C=O) groups is 1. The van der Waals surface area contributed by atoms with Crippen LogP contribution in [0.5, 0.6) is 23.0 Å². The first-order valence-corrected chi connectivity index (χ1v) is 7.86. The van der Waals surface area contributed by atoms with Gasteiger partial charge in [0.05, 0.1) is 7.11 Å². The molecule has 0 bridgehead atoms. The van der Waals surface area contributed by atoms with E-state index < -0.39 is 12.5 Å². The Hall–Kier alpha value is -3.03. The van der Waals surface area contributed by atoms with Crippen molar-refractivity contribution in [3.05, 3.63) is 47.5 Å². The van der Waals surface area contributed by atoms with Gasteiger partial charge >= 0.3 is 6.61 Å². The monoisotopic (exact) mass is 365 g/mol. The molecule has 0 saturated carbocycles. The third-order valence-corrected chi connectivity index (χ3v) is 3.70. The van der Waals surface area contributed by atoms with E-state index in [4.69, 9.17) is 14.2 Å². The van der Waals surface area contributed by atoms with Crippen molar-refractivity contribution < 1.29 is 32.5 Å². The SMILES string of the molecule is COc1ccc(C(=O)NCc2ccc3c(c2)OCCO3)cc1OC(F)F. The molecule has 0 aliphatic carbocycles. The van der Waals surface area contributed by atoms with Crippen LogP contribution in [0.15, 0.2) is 36.4 Å². The normalized spacial score (nSPS) is 12.6. The molecule has 6 nitrogen and oxygen atoms in total. The summed E-state index contributed by atoms with van der Waals surface area (Å²) in [5.74, 6) is 0.778. The molecule has 0 atom stereocenters. The second-order valence-electron chi connectivity index (χ2n) is 5.40. The van der Waals surface area contributed by atoms with Gasteiger partial charge in [0.25, 0.3) is 5.91 Å². The zero-order valence-electron chi connectivity index (χ0n) is 14.0. The first kappa shape index (κ1) is 17.8. The number of carbonyl (C=O) groups excluding carboxylic acids is 1. The van der Waals surface area contributed by atoms with Crippen LogP contribution in [0, 0.1) is 0 Å². The lowest BCUT2D eigenvalue weighted by Gasteiger charge is -2.19. The Kier molecular flexibility index (Phi) is 5.40. The van der Waals surface area contributed by atoms with Crippen molar-refractivity contribution in [3.63, 3.8) is 0 Å². The molecule has 0 saturated heterocycles. The number of nitrogens with one attached hydrogen (secondary N) is 1. The number of ether oxygens (including phenoxy) is 4. The van der Waals surface area contributed by atoms with E-state index in [9.17, 15) is 13.6 Å². The van der Waals surface area contributed by atoms with Crippen molar-refractivity contribution in [1.29, 1.82) is 0 Å². The smallest absolute Gasteiger partial charge is 0.387 e. The molecule has 2 aromatic rings. The molecule has 8 heteroatoms. The van der Waals surface area contributed by atoms with Gasteiger partial charge in [-0.15, -0.1) is 0 Å². The highest BCUT2D eigenvalue weighted by Crippen LogP contribution is 2.31. The van der Waals surface area contributed by atoms with Crippen LogP contribution in [0.1, 0.15) is 15.9 Å². The summed E-state index contributed by atoms with van der Waals surface area (Å²) in [7, 11) is 1.33. The van der Waals surface area contributed by atoms with E-state index >= 15 is 0 Å². The van der Waals surface area contributed by atoms with Crippen molar-refractivity contribution in [1.82, 2.24) is 5.32 Å². The molecular formula is C18H17F2NO5. The van der Waals surface area contributed by atoms with E-state index in [0.29, 0.717) is 24.7 Å². The minimum absolute atomic E-state index is 0.119. The second kappa shape index (κ2) is 7.90. The van der Waals surface area contributed by atoms with E-state index in [1.165, 1.54) is 25.3 Å². The highest BCUT2D eigenvalue weighted by Gasteiger charge is 2.15. The van der Waals surface area contributed by atoms with Crippen LogP contribution in [0.3, 0.4) is 0 Å². The fourth-order valence-electron chi connectivity index (χ4n) is 2.49. The average molecular weight is 365 g/mol. The number of fused-ring (bicyclic) bond motifs is 1. The van der Waals surface area contributed by atoms with E-state index in [1.807, 2.05) is 6.07 Å². The van der Waals surface area contributed by atoms with Gasteiger partial charge < -0.3 is 24.3 Å². The summed E-state index contributed by atoms with van der Waals surface area (Å²) in [6.07, 6.45) is 0. The van der Waals surface area contributed by atoms with Crippen molar-refractivity contribution in [2.75, 3.05) is 20.3 Å². The fraction of sp³-hybridized carbons (Fsp3) is 0.278. The summed E-state index contributed by atoms with van der Waals surface area (Å²) in [5, 5.41) is 2.72. The quantitative estimate of drug-likeness (QED) is 0.853. The topological polar surface area (TPSA) is 66.0 Å². The molecule has 138 valence electrons.